The van der Waals surface area contributed by atoms with E-state index in [9.17, 15) is 0 Å². The molecule has 0 unspecified atom stereocenters. The Kier molecular flexibility index (Phi) is 4.23. The Balaban J connectivity index is 1.44. The second kappa shape index (κ2) is 6.51. The van der Waals surface area contributed by atoms with E-state index < -0.39 is 0 Å². The molecule has 1 aromatic carbocycles. The van der Waals surface area contributed by atoms with Crippen molar-refractivity contribution < 1.29 is 9.47 Å². The molecule has 1 saturated carbocycles. The molecule has 2 fully saturated rings. The van der Waals surface area contributed by atoms with E-state index in [1.54, 1.807) is 6.33 Å². The van der Waals surface area contributed by atoms with Crippen LogP contribution in [0.4, 0.5) is 5.82 Å². The van der Waals surface area contributed by atoms with Crippen LogP contribution in [0.1, 0.15) is 64.3 Å². The predicted octanol–water partition coefficient (Wildman–Crippen LogP) is 4.15. The third kappa shape index (κ3) is 3.81. The minimum Gasteiger partial charge on any atom is -0.488 e. The SMILES string of the molecule is CC1(C)CN(c2cc(C3=NCc4ccc(OC5(C)CC5)cc43)ncn2)CC(C)(C)O1. The predicted molar refractivity (Wildman–Crippen MR) is 118 cm³/mol. The summed E-state index contributed by atoms with van der Waals surface area (Å²) in [6.45, 7) is 12.9. The van der Waals surface area contributed by atoms with E-state index in [-0.39, 0.29) is 16.8 Å². The first-order chi connectivity index (χ1) is 14.1. The van der Waals surface area contributed by atoms with E-state index in [1.807, 2.05) is 0 Å². The zero-order chi connectivity index (χ0) is 21.1. The zero-order valence-corrected chi connectivity index (χ0v) is 18.5. The van der Waals surface area contributed by atoms with Crippen LogP contribution in [0.25, 0.3) is 0 Å². The van der Waals surface area contributed by atoms with Crippen molar-refractivity contribution in [2.24, 2.45) is 4.99 Å². The Morgan fingerprint density at radius 1 is 0.967 bits per heavy atom. The topological polar surface area (TPSA) is 59.8 Å². The molecule has 5 rings (SSSR count). The summed E-state index contributed by atoms with van der Waals surface area (Å²) in [5.74, 6) is 1.83. The van der Waals surface area contributed by atoms with Crippen molar-refractivity contribution >= 4 is 11.5 Å². The van der Waals surface area contributed by atoms with Crippen molar-refractivity contribution in [1.82, 2.24) is 9.97 Å². The minimum atomic E-state index is -0.241. The molecule has 2 aromatic rings. The molecule has 0 bridgehead atoms. The average Bonchev–Trinajstić information content (AvgIpc) is 3.22. The van der Waals surface area contributed by atoms with Crippen LogP contribution in [0.15, 0.2) is 35.6 Å². The van der Waals surface area contributed by atoms with Gasteiger partial charge in [-0.05, 0) is 65.2 Å². The first-order valence-electron chi connectivity index (χ1n) is 10.8. The van der Waals surface area contributed by atoms with E-state index in [1.165, 1.54) is 5.56 Å². The highest BCUT2D eigenvalue weighted by Crippen LogP contribution is 2.40. The number of nitrogens with zero attached hydrogens (tertiary/aromatic N) is 4. The second-order valence-electron chi connectivity index (χ2n) is 10.3. The van der Waals surface area contributed by atoms with Gasteiger partial charge in [-0.25, -0.2) is 9.97 Å². The van der Waals surface area contributed by atoms with Gasteiger partial charge in [0.1, 0.15) is 23.5 Å². The fourth-order valence-corrected chi connectivity index (χ4v) is 4.61. The van der Waals surface area contributed by atoms with Crippen LogP contribution in [0.5, 0.6) is 5.75 Å². The molecule has 0 radical (unpaired) electrons. The number of rotatable bonds is 4. The summed E-state index contributed by atoms with van der Waals surface area (Å²) in [6, 6.07) is 8.36. The molecule has 3 heterocycles. The van der Waals surface area contributed by atoms with Gasteiger partial charge in [0, 0.05) is 24.7 Å². The number of anilines is 1. The number of hydrogen-bond acceptors (Lipinski definition) is 6. The van der Waals surface area contributed by atoms with Crippen molar-refractivity contribution in [2.75, 3.05) is 18.0 Å². The molecule has 1 aliphatic carbocycles. The summed E-state index contributed by atoms with van der Waals surface area (Å²) in [5, 5.41) is 0. The van der Waals surface area contributed by atoms with Gasteiger partial charge in [-0.1, -0.05) is 6.07 Å². The smallest absolute Gasteiger partial charge is 0.132 e. The molecule has 158 valence electrons. The monoisotopic (exact) mass is 406 g/mol. The Labute approximate surface area is 178 Å². The van der Waals surface area contributed by atoms with E-state index in [4.69, 9.17) is 14.5 Å². The summed E-state index contributed by atoms with van der Waals surface area (Å²) < 4.78 is 12.4. The molecule has 0 atom stereocenters. The lowest BCUT2D eigenvalue weighted by atomic mass is 9.98. The van der Waals surface area contributed by atoms with Crippen molar-refractivity contribution in [2.45, 2.75) is 70.8 Å². The molecule has 1 saturated heterocycles. The summed E-state index contributed by atoms with van der Waals surface area (Å²) in [6.07, 6.45) is 3.88. The van der Waals surface area contributed by atoms with Gasteiger partial charge < -0.3 is 14.4 Å². The largest absolute Gasteiger partial charge is 0.488 e. The van der Waals surface area contributed by atoms with E-state index in [2.05, 4.69) is 73.8 Å². The molecule has 0 amide bonds. The lowest BCUT2D eigenvalue weighted by Crippen LogP contribution is -2.57. The van der Waals surface area contributed by atoms with E-state index in [0.29, 0.717) is 6.54 Å². The number of aromatic nitrogens is 2. The Hall–Kier alpha value is -2.47. The fraction of sp³-hybridized carbons (Fsp3) is 0.542. The van der Waals surface area contributed by atoms with Crippen molar-refractivity contribution in [1.29, 1.82) is 0 Å². The maximum Gasteiger partial charge on any atom is 0.132 e. The number of fused-ring (bicyclic) bond motifs is 1. The average molecular weight is 407 g/mol. The van der Waals surface area contributed by atoms with Crippen LogP contribution in [-0.4, -0.2) is 45.6 Å². The maximum absolute atomic E-state index is 6.22. The van der Waals surface area contributed by atoms with Gasteiger partial charge in [-0.15, -0.1) is 0 Å². The maximum atomic E-state index is 6.22. The Morgan fingerprint density at radius 2 is 1.70 bits per heavy atom. The molecule has 6 heteroatoms. The molecule has 2 aliphatic heterocycles. The highest BCUT2D eigenvalue weighted by atomic mass is 16.5. The molecule has 0 N–H and O–H groups in total. The number of aliphatic imine (C=N–C) groups is 1. The molecular weight excluding hydrogens is 376 g/mol. The van der Waals surface area contributed by atoms with Crippen LogP contribution < -0.4 is 9.64 Å². The molecule has 30 heavy (non-hydrogen) atoms. The first-order valence-corrected chi connectivity index (χ1v) is 10.8. The van der Waals surface area contributed by atoms with Gasteiger partial charge >= 0.3 is 0 Å². The number of morpholine rings is 1. The third-order valence-electron chi connectivity index (χ3n) is 5.98. The Bertz CT molecular complexity index is 1010. The standard InChI is InChI=1S/C24H30N4O2/c1-22(2)13-28(14-23(3,4)30-22)20-11-19(26-15-27-20)21-18-10-17(29-24(5)8-9-24)7-6-16(18)12-25-21/h6-7,10-11,15H,8-9,12-14H2,1-5H3. The van der Waals surface area contributed by atoms with Gasteiger partial charge in [0.15, 0.2) is 0 Å². The zero-order valence-electron chi connectivity index (χ0n) is 18.5. The van der Waals surface area contributed by atoms with Crippen LogP contribution in [0.2, 0.25) is 0 Å². The van der Waals surface area contributed by atoms with Gasteiger partial charge in [0.05, 0.1) is 29.2 Å². The van der Waals surface area contributed by atoms with Gasteiger partial charge in [0.2, 0.25) is 0 Å². The molecule has 3 aliphatic rings. The molecule has 6 nitrogen and oxygen atoms in total. The van der Waals surface area contributed by atoms with Crippen molar-refractivity contribution in [3.63, 3.8) is 0 Å². The van der Waals surface area contributed by atoms with Gasteiger partial charge in [-0.3, -0.25) is 4.99 Å². The van der Waals surface area contributed by atoms with Crippen molar-refractivity contribution in [3.05, 3.63) is 47.4 Å². The first kappa shape index (κ1) is 19.5. The quantitative estimate of drug-likeness (QED) is 0.763. The molecule has 1 aromatic heterocycles. The number of ether oxygens (including phenoxy) is 2. The van der Waals surface area contributed by atoms with Crippen LogP contribution in [-0.2, 0) is 11.3 Å². The second-order valence-corrected chi connectivity index (χ2v) is 10.3. The summed E-state index contributed by atoms with van der Waals surface area (Å²) in [5.41, 5.74) is 3.63. The highest BCUT2D eigenvalue weighted by molar-refractivity contribution is 6.14. The lowest BCUT2D eigenvalue weighted by Gasteiger charge is -2.47. The van der Waals surface area contributed by atoms with Crippen molar-refractivity contribution in [3.8, 4) is 5.75 Å². The summed E-state index contributed by atoms with van der Waals surface area (Å²) >= 11 is 0. The van der Waals surface area contributed by atoms with E-state index in [0.717, 1.165) is 54.5 Å². The van der Waals surface area contributed by atoms with Crippen LogP contribution in [0, 0.1) is 0 Å². The lowest BCUT2D eigenvalue weighted by molar-refractivity contribution is -0.133. The normalized spacial score (nSPS) is 23.0. The van der Waals surface area contributed by atoms with Crippen LogP contribution in [0.3, 0.4) is 0 Å². The van der Waals surface area contributed by atoms with Gasteiger partial charge in [-0.2, -0.15) is 0 Å². The third-order valence-corrected chi connectivity index (χ3v) is 5.98. The minimum absolute atomic E-state index is 0.00216. The van der Waals surface area contributed by atoms with Gasteiger partial charge in [0.25, 0.3) is 0 Å². The fourth-order valence-electron chi connectivity index (χ4n) is 4.61. The number of hydrogen-bond donors (Lipinski definition) is 0. The summed E-state index contributed by atoms with van der Waals surface area (Å²) in [7, 11) is 0. The Morgan fingerprint density at radius 3 is 2.40 bits per heavy atom. The van der Waals surface area contributed by atoms with E-state index >= 15 is 0 Å². The molecule has 0 spiro atoms. The van der Waals surface area contributed by atoms with Crippen LogP contribution >= 0.6 is 0 Å². The highest BCUT2D eigenvalue weighted by Gasteiger charge is 2.40. The molecular formula is C24H30N4O2. The number of benzene rings is 1. The summed E-state index contributed by atoms with van der Waals surface area (Å²) in [4.78, 5) is 16.2.